The maximum atomic E-state index is 11.7. The van der Waals surface area contributed by atoms with Crippen molar-refractivity contribution in [2.45, 2.75) is 0 Å². The van der Waals surface area contributed by atoms with E-state index in [4.69, 9.17) is 5.11 Å². The van der Waals surface area contributed by atoms with E-state index < -0.39 is 11.9 Å². The van der Waals surface area contributed by atoms with Crippen LogP contribution in [0.2, 0.25) is 0 Å². The van der Waals surface area contributed by atoms with Gasteiger partial charge in [-0.05, 0) is 12.1 Å². The fraction of sp³-hybridized carbons (Fsp3) is 0. The Balaban J connectivity index is 2.16. The quantitative estimate of drug-likeness (QED) is 0.624. The number of nitrogens with zero attached hydrogens (tertiary/aromatic N) is 2. The van der Waals surface area contributed by atoms with Crippen LogP contribution in [0.4, 0.5) is 5.82 Å². The molecule has 2 aromatic rings. The molecular weight excluding hydrogens is 240 g/mol. The van der Waals surface area contributed by atoms with Gasteiger partial charge in [0, 0.05) is 12.3 Å². The smallest absolute Gasteiger partial charge is 0.353 e. The summed E-state index contributed by atoms with van der Waals surface area (Å²) in [6.45, 7) is 0. The van der Waals surface area contributed by atoms with Crippen LogP contribution in [-0.2, 0) is 0 Å². The molecule has 0 aliphatic rings. The molecule has 2 aromatic heterocycles. The SMILES string of the molecule is O=C(O)c1cc(NC(=O)c2ncccc2O)n[nH]1. The van der Waals surface area contributed by atoms with Gasteiger partial charge in [0.25, 0.3) is 5.91 Å². The molecule has 0 radical (unpaired) electrons. The van der Waals surface area contributed by atoms with Gasteiger partial charge in [-0.25, -0.2) is 9.78 Å². The maximum absolute atomic E-state index is 11.7. The zero-order valence-corrected chi connectivity index (χ0v) is 8.91. The molecule has 8 nitrogen and oxygen atoms in total. The molecule has 0 unspecified atom stereocenters. The fourth-order valence-corrected chi connectivity index (χ4v) is 1.24. The van der Waals surface area contributed by atoms with E-state index >= 15 is 0 Å². The summed E-state index contributed by atoms with van der Waals surface area (Å²) in [4.78, 5) is 26.0. The summed E-state index contributed by atoms with van der Waals surface area (Å²) in [5.74, 6) is -2.12. The van der Waals surface area contributed by atoms with E-state index in [9.17, 15) is 14.7 Å². The summed E-state index contributed by atoms with van der Waals surface area (Å²) in [6.07, 6.45) is 1.35. The van der Waals surface area contributed by atoms with Crippen LogP contribution in [0.5, 0.6) is 5.75 Å². The number of aromatic nitrogens is 3. The number of pyridine rings is 1. The van der Waals surface area contributed by atoms with Crippen LogP contribution in [0.25, 0.3) is 0 Å². The summed E-state index contributed by atoms with van der Waals surface area (Å²) in [7, 11) is 0. The van der Waals surface area contributed by atoms with Crippen molar-refractivity contribution in [3.8, 4) is 5.75 Å². The van der Waals surface area contributed by atoms with Crippen LogP contribution in [0.3, 0.4) is 0 Å². The molecule has 0 saturated heterocycles. The van der Waals surface area contributed by atoms with Gasteiger partial charge in [0.15, 0.2) is 11.5 Å². The Bertz CT molecular complexity index is 607. The normalized spacial score (nSPS) is 10.0. The van der Waals surface area contributed by atoms with Crippen molar-refractivity contribution in [3.05, 3.63) is 35.8 Å². The number of nitrogens with one attached hydrogen (secondary N) is 2. The van der Waals surface area contributed by atoms with Crippen LogP contribution in [0.1, 0.15) is 21.0 Å². The number of carboxylic acids is 1. The van der Waals surface area contributed by atoms with E-state index in [2.05, 4.69) is 20.5 Å². The number of hydrogen-bond donors (Lipinski definition) is 4. The Labute approximate surface area is 100 Å². The lowest BCUT2D eigenvalue weighted by atomic mass is 10.3. The molecule has 18 heavy (non-hydrogen) atoms. The molecule has 4 N–H and O–H groups in total. The molecule has 92 valence electrons. The van der Waals surface area contributed by atoms with Crippen LogP contribution in [0, 0.1) is 0 Å². The number of carboxylic acid groups (broad SMARTS) is 1. The molecule has 0 bridgehead atoms. The standard InChI is InChI=1S/C10H8N4O4/c15-6-2-1-3-11-8(6)9(16)12-7-4-5(10(17)18)13-14-7/h1-4,15H,(H,17,18)(H2,12,13,14,16). The molecule has 0 aromatic carbocycles. The predicted molar refractivity (Wildman–Crippen MR) is 59.4 cm³/mol. The van der Waals surface area contributed by atoms with Crippen molar-refractivity contribution in [3.63, 3.8) is 0 Å². The summed E-state index contributed by atoms with van der Waals surface area (Å²) in [5.41, 5.74) is -0.326. The van der Waals surface area contributed by atoms with Crippen molar-refractivity contribution in [1.82, 2.24) is 15.2 Å². The Kier molecular flexibility index (Phi) is 2.92. The van der Waals surface area contributed by atoms with Crippen LogP contribution < -0.4 is 5.32 Å². The number of aromatic carboxylic acids is 1. The average molecular weight is 248 g/mol. The van der Waals surface area contributed by atoms with Gasteiger partial charge in [-0.3, -0.25) is 9.89 Å². The van der Waals surface area contributed by atoms with Crippen molar-refractivity contribution >= 4 is 17.7 Å². The Morgan fingerprint density at radius 3 is 2.78 bits per heavy atom. The number of carbonyl (C=O) groups excluding carboxylic acids is 1. The van der Waals surface area contributed by atoms with Crippen molar-refractivity contribution in [1.29, 1.82) is 0 Å². The van der Waals surface area contributed by atoms with E-state index in [1.165, 1.54) is 18.3 Å². The highest BCUT2D eigenvalue weighted by Crippen LogP contribution is 2.14. The number of rotatable bonds is 3. The lowest BCUT2D eigenvalue weighted by Gasteiger charge is -2.02. The molecular formula is C10H8N4O4. The van der Waals surface area contributed by atoms with Gasteiger partial charge in [-0.15, -0.1) is 0 Å². The molecule has 0 aliphatic carbocycles. The molecule has 0 spiro atoms. The maximum Gasteiger partial charge on any atom is 0.353 e. The first-order chi connectivity index (χ1) is 8.58. The molecule has 2 rings (SSSR count). The van der Waals surface area contributed by atoms with Gasteiger partial charge in [-0.1, -0.05) is 0 Å². The lowest BCUT2D eigenvalue weighted by molar-refractivity contribution is 0.0690. The van der Waals surface area contributed by atoms with Gasteiger partial charge in [-0.2, -0.15) is 5.10 Å². The molecule has 8 heteroatoms. The summed E-state index contributed by atoms with van der Waals surface area (Å²) < 4.78 is 0. The molecule has 1 amide bonds. The van der Waals surface area contributed by atoms with Gasteiger partial charge < -0.3 is 15.5 Å². The van der Waals surface area contributed by atoms with Gasteiger partial charge in [0.05, 0.1) is 0 Å². The van der Waals surface area contributed by atoms with Crippen LogP contribution in [0.15, 0.2) is 24.4 Å². The highest BCUT2D eigenvalue weighted by Gasteiger charge is 2.15. The van der Waals surface area contributed by atoms with E-state index in [0.29, 0.717) is 0 Å². The zero-order chi connectivity index (χ0) is 13.1. The summed E-state index contributed by atoms with van der Waals surface area (Å²) in [5, 5.41) is 26.2. The largest absolute Gasteiger partial charge is 0.505 e. The van der Waals surface area contributed by atoms with Crippen molar-refractivity contribution < 1.29 is 19.8 Å². The second-order valence-corrected chi connectivity index (χ2v) is 3.30. The first-order valence-electron chi connectivity index (χ1n) is 4.82. The number of H-pyrrole nitrogens is 1. The van der Waals surface area contributed by atoms with E-state index in [1.807, 2.05) is 0 Å². The Morgan fingerprint density at radius 2 is 2.17 bits per heavy atom. The van der Waals surface area contributed by atoms with Gasteiger partial charge >= 0.3 is 5.97 Å². The fourth-order valence-electron chi connectivity index (χ4n) is 1.24. The van der Waals surface area contributed by atoms with Gasteiger partial charge in [0.2, 0.25) is 0 Å². The lowest BCUT2D eigenvalue weighted by Crippen LogP contribution is -2.13. The molecule has 0 atom stereocenters. The van der Waals surface area contributed by atoms with Crippen molar-refractivity contribution in [2.24, 2.45) is 0 Å². The average Bonchev–Trinajstić information content (AvgIpc) is 2.78. The second kappa shape index (κ2) is 4.53. The first-order valence-corrected chi connectivity index (χ1v) is 4.82. The molecule has 0 aliphatic heterocycles. The first kappa shape index (κ1) is 11.6. The minimum absolute atomic E-state index is 0.0300. The highest BCUT2D eigenvalue weighted by atomic mass is 16.4. The van der Waals surface area contributed by atoms with E-state index in [0.717, 1.165) is 6.07 Å². The molecule has 2 heterocycles. The predicted octanol–water partition coefficient (Wildman–Crippen LogP) is 0.461. The van der Waals surface area contributed by atoms with Gasteiger partial charge in [0.1, 0.15) is 11.4 Å². The number of carbonyl (C=O) groups is 2. The Hall–Kier alpha value is -2.90. The highest BCUT2D eigenvalue weighted by molar-refractivity contribution is 6.04. The van der Waals surface area contributed by atoms with E-state index in [1.54, 1.807) is 0 Å². The summed E-state index contributed by atoms with van der Waals surface area (Å²) >= 11 is 0. The topological polar surface area (TPSA) is 128 Å². The second-order valence-electron chi connectivity index (χ2n) is 3.30. The third-order valence-electron chi connectivity index (χ3n) is 2.05. The number of amides is 1. The minimum Gasteiger partial charge on any atom is -0.505 e. The molecule has 0 fully saturated rings. The van der Waals surface area contributed by atoms with Crippen molar-refractivity contribution in [2.75, 3.05) is 5.32 Å². The molecule has 0 saturated carbocycles. The third-order valence-corrected chi connectivity index (χ3v) is 2.05. The minimum atomic E-state index is -1.19. The van der Waals surface area contributed by atoms with Crippen LogP contribution >= 0.6 is 0 Å². The monoisotopic (exact) mass is 248 g/mol. The van der Waals surface area contributed by atoms with Crippen LogP contribution in [-0.4, -0.2) is 37.3 Å². The number of aromatic hydroxyl groups is 1. The van der Waals surface area contributed by atoms with E-state index in [-0.39, 0.29) is 23.0 Å². The third kappa shape index (κ3) is 2.26. The summed E-state index contributed by atoms with van der Waals surface area (Å²) in [6, 6.07) is 3.94. The number of anilines is 1. The number of hydrogen-bond acceptors (Lipinski definition) is 5. The Morgan fingerprint density at radius 1 is 1.39 bits per heavy atom. The zero-order valence-electron chi connectivity index (χ0n) is 8.91. The number of aromatic amines is 1.